The predicted octanol–water partition coefficient (Wildman–Crippen LogP) is 3.70. The molecule has 2 rings (SSSR count). The van der Waals surface area contributed by atoms with Crippen LogP contribution in [0.1, 0.15) is 48.4 Å². The summed E-state index contributed by atoms with van der Waals surface area (Å²) in [5.74, 6) is 1.29. The van der Waals surface area contributed by atoms with Crippen molar-refractivity contribution in [2.75, 3.05) is 7.11 Å². The molecule has 1 aromatic rings. The van der Waals surface area contributed by atoms with Crippen LogP contribution in [0.25, 0.3) is 0 Å². The number of Topliss-reactive ketones (excluding diaryl/α,β-unsaturated/α-hetero) is 1. The van der Waals surface area contributed by atoms with Crippen LogP contribution in [0.3, 0.4) is 0 Å². The zero-order chi connectivity index (χ0) is 14.0. The van der Waals surface area contributed by atoms with Crippen LogP contribution in [-0.2, 0) is 11.2 Å². The summed E-state index contributed by atoms with van der Waals surface area (Å²) in [4.78, 5) is 12.4. The maximum Gasteiger partial charge on any atom is 0.166 e. The van der Waals surface area contributed by atoms with Gasteiger partial charge in [0.05, 0.1) is 17.9 Å². The molecule has 0 saturated carbocycles. The van der Waals surface area contributed by atoms with Crippen molar-refractivity contribution in [1.82, 2.24) is 0 Å². The molecule has 1 heterocycles. The number of ether oxygens (including phenoxy) is 1. The van der Waals surface area contributed by atoms with Gasteiger partial charge >= 0.3 is 0 Å². The molecule has 104 valence electrons. The molecule has 2 atom stereocenters. The molecular weight excluding hydrogens is 240 g/mol. The van der Waals surface area contributed by atoms with Gasteiger partial charge < -0.3 is 9.15 Å². The molecule has 0 spiro atoms. The van der Waals surface area contributed by atoms with Crippen LogP contribution in [0.2, 0.25) is 0 Å². The number of hydrogen-bond acceptors (Lipinski definition) is 3. The lowest BCUT2D eigenvalue weighted by atomic mass is 9.90. The second-order valence-electron chi connectivity index (χ2n) is 5.65. The van der Waals surface area contributed by atoms with Crippen molar-refractivity contribution in [2.45, 2.75) is 46.1 Å². The van der Waals surface area contributed by atoms with Gasteiger partial charge in [-0.2, -0.15) is 0 Å². The first kappa shape index (κ1) is 14.1. The smallest absolute Gasteiger partial charge is 0.166 e. The van der Waals surface area contributed by atoms with Crippen molar-refractivity contribution in [1.29, 1.82) is 0 Å². The fourth-order valence-corrected chi connectivity index (χ4v) is 2.76. The molecule has 0 aliphatic heterocycles. The fourth-order valence-electron chi connectivity index (χ4n) is 2.76. The Bertz CT molecular complexity index is 496. The molecule has 0 fully saturated rings. The van der Waals surface area contributed by atoms with Crippen molar-refractivity contribution < 1.29 is 13.9 Å². The molecule has 19 heavy (non-hydrogen) atoms. The highest BCUT2D eigenvalue weighted by atomic mass is 16.5. The standard InChI is InChI=1S/C16H22O3/c1-10-5-13(18-4)6-11(2)8-15-16(14(17)7-10)12(3)9-19-15/h6,9-10,13H,5,7-8H2,1-4H3/b11-6-/t10-,13+/m0/s1. The van der Waals surface area contributed by atoms with Gasteiger partial charge in [-0.3, -0.25) is 4.79 Å². The molecule has 1 aliphatic rings. The van der Waals surface area contributed by atoms with E-state index in [4.69, 9.17) is 9.15 Å². The second kappa shape index (κ2) is 5.74. The Hall–Kier alpha value is -1.35. The third-order valence-electron chi connectivity index (χ3n) is 3.71. The Labute approximate surface area is 114 Å². The molecule has 3 heteroatoms. The largest absolute Gasteiger partial charge is 0.468 e. The molecule has 3 nitrogen and oxygen atoms in total. The van der Waals surface area contributed by atoms with E-state index in [1.165, 1.54) is 5.57 Å². The average Bonchev–Trinajstić information content (AvgIpc) is 2.68. The Kier molecular flexibility index (Phi) is 4.25. The van der Waals surface area contributed by atoms with Crippen LogP contribution >= 0.6 is 0 Å². The van der Waals surface area contributed by atoms with Gasteiger partial charge in [-0.1, -0.05) is 18.6 Å². The second-order valence-corrected chi connectivity index (χ2v) is 5.65. The summed E-state index contributed by atoms with van der Waals surface area (Å²) in [7, 11) is 1.72. The molecule has 0 saturated heterocycles. The van der Waals surface area contributed by atoms with Gasteiger partial charge in [0.2, 0.25) is 0 Å². The van der Waals surface area contributed by atoms with E-state index < -0.39 is 0 Å². The SMILES string of the molecule is CO[C@H]1/C=C(/C)Cc2occ(C)c2C(=O)C[C@@H](C)C1. The number of methoxy groups -OCH3 is 1. The Morgan fingerprint density at radius 3 is 2.79 bits per heavy atom. The van der Waals surface area contributed by atoms with E-state index in [1.807, 2.05) is 6.92 Å². The van der Waals surface area contributed by atoms with Crippen molar-refractivity contribution in [3.63, 3.8) is 0 Å². The van der Waals surface area contributed by atoms with Crippen LogP contribution in [0.15, 0.2) is 22.3 Å². The summed E-state index contributed by atoms with van der Waals surface area (Å²) in [5, 5.41) is 0. The van der Waals surface area contributed by atoms with Crippen molar-refractivity contribution in [3.05, 3.63) is 34.8 Å². The molecule has 0 radical (unpaired) electrons. The lowest BCUT2D eigenvalue weighted by molar-refractivity contribution is 0.0913. The number of furan rings is 1. The van der Waals surface area contributed by atoms with Crippen LogP contribution in [0.4, 0.5) is 0 Å². The van der Waals surface area contributed by atoms with Crippen LogP contribution in [0, 0.1) is 12.8 Å². The van der Waals surface area contributed by atoms with E-state index in [0.29, 0.717) is 18.8 Å². The maximum atomic E-state index is 12.4. The quantitative estimate of drug-likeness (QED) is 0.724. The highest BCUT2D eigenvalue weighted by molar-refractivity contribution is 5.98. The minimum atomic E-state index is 0.0837. The number of fused-ring (bicyclic) bond motifs is 1. The molecule has 0 bridgehead atoms. The fraction of sp³-hybridized carbons (Fsp3) is 0.562. The molecule has 1 aliphatic carbocycles. The third kappa shape index (κ3) is 3.16. The molecule has 0 unspecified atom stereocenters. The minimum Gasteiger partial charge on any atom is -0.468 e. The van der Waals surface area contributed by atoms with Crippen molar-refractivity contribution in [3.8, 4) is 0 Å². The molecule has 0 aromatic carbocycles. The van der Waals surface area contributed by atoms with Crippen LogP contribution < -0.4 is 0 Å². The Morgan fingerprint density at radius 1 is 1.37 bits per heavy atom. The van der Waals surface area contributed by atoms with E-state index in [2.05, 4.69) is 19.9 Å². The number of ketones is 1. The van der Waals surface area contributed by atoms with Gasteiger partial charge in [0, 0.05) is 20.0 Å². The Morgan fingerprint density at radius 2 is 2.11 bits per heavy atom. The number of carbonyl (C=O) groups is 1. The monoisotopic (exact) mass is 262 g/mol. The average molecular weight is 262 g/mol. The lowest BCUT2D eigenvalue weighted by Gasteiger charge is -2.19. The highest BCUT2D eigenvalue weighted by Crippen LogP contribution is 2.26. The van der Waals surface area contributed by atoms with Crippen molar-refractivity contribution in [2.24, 2.45) is 5.92 Å². The first-order valence-corrected chi connectivity index (χ1v) is 6.81. The lowest BCUT2D eigenvalue weighted by Crippen LogP contribution is -2.18. The minimum absolute atomic E-state index is 0.0837. The number of carbonyl (C=O) groups excluding carboxylic acids is 1. The summed E-state index contributed by atoms with van der Waals surface area (Å²) >= 11 is 0. The summed E-state index contributed by atoms with van der Waals surface area (Å²) in [6.07, 6.45) is 6.04. The van der Waals surface area contributed by atoms with Gasteiger partial charge in [-0.05, 0) is 31.7 Å². The molecular formula is C16H22O3. The first-order chi connectivity index (χ1) is 9.01. The van der Waals surface area contributed by atoms with Gasteiger partial charge in [0.25, 0.3) is 0 Å². The number of rotatable bonds is 1. The maximum absolute atomic E-state index is 12.4. The first-order valence-electron chi connectivity index (χ1n) is 6.81. The van der Waals surface area contributed by atoms with Crippen LogP contribution in [-0.4, -0.2) is 19.0 Å². The van der Waals surface area contributed by atoms with Crippen LogP contribution in [0.5, 0.6) is 0 Å². The Balaban J connectivity index is 2.40. The van der Waals surface area contributed by atoms with Crippen molar-refractivity contribution >= 4 is 5.78 Å². The number of hydrogen-bond donors (Lipinski definition) is 0. The molecule has 0 N–H and O–H groups in total. The molecule has 0 amide bonds. The summed E-state index contributed by atoms with van der Waals surface area (Å²) in [6.45, 7) is 6.10. The van der Waals surface area contributed by atoms with E-state index in [9.17, 15) is 4.79 Å². The normalized spacial score (nSPS) is 27.6. The summed E-state index contributed by atoms with van der Waals surface area (Å²) in [5.41, 5.74) is 2.92. The third-order valence-corrected chi connectivity index (χ3v) is 3.71. The van der Waals surface area contributed by atoms with E-state index >= 15 is 0 Å². The summed E-state index contributed by atoms with van der Waals surface area (Å²) < 4.78 is 11.0. The van der Waals surface area contributed by atoms with Gasteiger partial charge in [-0.15, -0.1) is 0 Å². The van der Waals surface area contributed by atoms with E-state index in [-0.39, 0.29) is 11.9 Å². The molecule has 1 aromatic heterocycles. The zero-order valence-electron chi connectivity index (χ0n) is 12.2. The topological polar surface area (TPSA) is 39.4 Å². The number of aryl methyl sites for hydroxylation is 1. The number of allylic oxidation sites excluding steroid dienone is 1. The highest BCUT2D eigenvalue weighted by Gasteiger charge is 2.23. The predicted molar refractivity (Wildman–Crippen MR) is 74.4 cm³/mol. The summed E-state index contributed by atoms with van der Waals surface area (Å²) in [6, 6.07) is 0. The van der Waals surface area contributed by atoms with Gasteiger partial charge in [0.1, 0.15) is 5.76 Å². The van der Waals surface area contributed by atoms with Gasteiger partial charge in [0.15, 0.2) is 5.78 Å². The van der Waals surface area contributed by atoms with E-state index in [1.54, 1.807) is 13.4 Å². The van der Waals surface area contributed by atoms with E-state index in [0.717, 1.165) is 23.3 Å². The zero-order valence-corrected chi connectivity index (χ0v) is 12.2. The van der Waals surface area contributed by atoms with Gasteiger partial charge in [-0.25, -0.2) is 0 Å².